The summed E-state index contributed by atoms with van der Waals surface area (Å²) in [4.78, 5) is 90.6. The molecule has 1 unspecified atom stereocenters. The molecule has 3 aliphatic rings. The van der Waals surface area contributed by atoms with Crippen LogP contribution in [-0.4, -0.2) is 123 Å². The van der Waals surface area contributed by atoms with Crippen LogP contribution < -0.4 is 30.5 Å². The van der Waals surface area contributed by atoms with Gasteiger partial charge < -0.3 is 44.3 Å². The van der Waals surface area contributed by atoms with Gasteiger partial charge in [-0.25, -0.2) is 9.97 Å². The molecular weight excluding hydrogens is 904 g/mol. The van der Waals surface area contributed by atoms with Crippen molar-refractivity contribution in [1.82, 2.24) is 25.5 Å². The minimum absolute atomic E-state index is 0.0100. The van der Waals surface area contributed by atoms with Crippen molar-refractivity contribution < 1.29 is 47.7 Å². The number of fused-ring (bicyclic) bond motifs is 2. The van der Waals surface area contributed by atoms with Gasteiger partial charge in [-0.05, 0) is 54.8 Å². The minimum Gasteiger partial charge on any atom is -0.496 e. The molecule has 4 heterocycles. The molecule has 4 aromatic rings. The predicted octanol–water partition coefficient (Wildman–Crippen LogP) is 3.78. The van der Waals surface area contributed by atoms with Gasteiger partial charge in [0.2, 0.25) is 23.6 Å². The molecule has 0 aliphatic carbocycles. The van der Waals surface area contributed by atoms with E-state index in [0.717, 1.165) is 15.6 Å². The lowest BCUT2D eigenvalue weighted by Crippen LogP contribution is -2.52. The van der Waals surface area contributed by atoms with E-state index in [2.05, 4.69) is 36.9 Å². The number of hydrogen-bond donors (Lipinski definition) is 3. The second kappa shape index (κ2) is 21.6. The number of rotatable bonds is 20. The Kier molecular flexibility index (Phi) is 15.5. The van der Waals surface area contributed by atoms with Crippen LogP contribution in [0.15, 0.2) is 71.3 Å². The van der Waals surface area contributed by atoms with E-state index in [9.17, 15) is 28.8 Å². The van der Waals surface area contributed by atoms with Crippen molar-refractivity contribution in [2.45, 2.75) is 57.8 Å². The fourth-order valence-electron chi connectivity index (χ4n) is 7.96. The van der Waals surface area contributed by atoms with Crippen molar-refractivity contribution in [3.05, 3.63) is 105 Å². The quantitative estimate of drug-likeness (QED) is 0.0852. The number of nitrogens with zero attached hydrogens (tertiary/aromatic N) is 5. The molecule has 1 aromatic heterocycles. The van der Waals surface area contributed by atoms with Crippen molar-refractivity contribution >= 4 is 68.6 Å². The van der Waals surface area contributed by atoms with E-state index >= 15 is 0 Å². The van der Waals surface area contributed by atoms with Gasteiger partial charge in [-0.3, -0.25) is 34.1 Å². The zero-order valence-electron chi connectivity index (χ0n) is 36.4. The standard InChI is InChI=1S/C46H51BrN8O10/c1-4-35-46(61)53(2)37-24-49-39(51-42(37)54(35)25-28-8-12-31(47)13-9-28)23-29-10-11-30(22-38(29)62-3)43(58)48-16-17-63-18-19-64-20-21-65-27-41(57)50-34-7-5-6-32-33(34)26-55(45(32)60)36-14-15-40(56)52-44(36)59/h5-13,22,24,35-36H,4,14-21,23,25-27H2,1-3H3,(H,48,58)(H,50,57)(H,52,56,59)/t35-,36?/m1/s1. The fraction of sp³-hybridized carbons (Fsp3) is 0.391. The van der Waals surface area contributed by atoms with Gasteiger partial charge in [-0.15, -0.1) is 0 Å². The van der Waals surface area contributed by atoms with E-state index in [0.29, 0.717) is 64.8 Å². The Morgan fingerprint density at radius 3 is 2.45 bits per heavy atom. The molecule has 3 aromatic carbocycles. The fourth-order valence-corrected chi connectivity index (χ4v) is 8.22. The number of imide groups is 1. The lowest BCUT2D eigenvalue weighted by Gasteiger charge is -2.40. The molecule has 2 atom stereocenters. The zero-order valence-corrected chi connectivity index (χ0v) is 38.0. The first kappa shape index (κ1) is 46.7. The highest BCUT2D eigenvalue weighted by Crippen LogP contribution is 2.36. The number of carbonyl (C=O) groups excluding carboxylic acids is 6. The average Bonchev–Trinajstić information content (AvgIpc) is 3.64. The largest absolute Gasteiger partial charge is 0.496 e. The van der Waals surface area contributed by atoms with Crippen LogP contribution in [0.1, 0.15) is 69.4 Å². The second-order valence-electron chi connectivity index (χ2n) is 15.6. The highest BCUT2D eigenvalue weighted by atomic mass is 79.9. The summed E-state index contributed by atoms with van der Waals surface area (Å²) >= 11 is 3.49. The number of benzene rings is 3. The minimum atomic E-state index is -0.752. The van der Waals surface area contributed by atoms with Gasteiger partial charge in [0.25, 0.3) is 11.8 Å². The molecular formula is C46H51BrN8O10. The smallest absolute Gasteiger partial charge is 0.255 e. The molecule has 1 fully saturated rings. The number of hydrogen-bond acceptors (Lipinski definition) is 13. The Morgan fingerprint density at radius 1 is 0.954 bits per heavy atom. The number of amides is 6. The highest BCUT2D eigenvalue weighted by Gasteiger charge is 2.40. The molecule has 342 valence electrons. The van der Waals surface area contributed by atoms with Crippen LogP contribution in [0, 0.1) is 0 Å². The Bertz CT molecular complexity index is 2440. The predicted molar refractivity (Wildman–Crippen MR) is 242 cm³/mol. The first-order valence-corrected chi connectivity index (χ1v) is 22.1. The number of nitrogens with one attached hydrogen (secondary N) is 3. The molecule has 65 heavy (non-hydrogen) atoms. The summed E-state index contributed by atoms with van der Waals surface area (Å²) in [6.07, 6.45) is 3.03. The number of aromatic nitrogens is 2. The van der Waals surface area contributed by atoms with Gasteiger partial charge in [0.05, 0.1) is 46.3 Å². The maximum Gasteiger partial charge on any atom is 0.255 e. The number of anilines is 3. The van der Waals surface area contributed by atoms with Gasteiger partial charge in [0.1, 0.15) is 36.0 Å². The van der Waals surface area contributed by atoms with E-state index in [1.54, 1.807) is 55.6 Å². The summed E-state index contributed by atoms with van der Waals surface area (Å²) in [5.74, 6) is -0.163. The molecule has 3 aliphatic heterocycles. The lowest BCUT2D eigenvalue weighted by atomic mass is 10.0. The Morgan fingerprint density at radius 2 is 1.71 bits per heavy atom. The van der Waals surface area contributed by atoms with Crippen molar-refractivity contribution in [3.63, 3.8) is 0 Å². The van der Waals surface area contributed by atoms with Crippen LogP contribution >= 0.6 is 15.9 Å². The normalized spacial score (nSPS) is 16.9. The van der Waals surface area contributed by atoms with Gasteiger partial charge in [0, 0.05) is 71.9 Å². The zero-order chi connectivity index (χ0) is 46.0. The molecule has 0 radical (unpaired) electrons. The van der Waals surface area contributed by atoms with E-state index < -0.39 is 17.9 Å². The summed E-state index contributed by atoms with van der Waals surface area (Å²) in [7, 11) is 3.29. The number of carbonyl (C=O) groups is 6. The second-order valence-corrected chi connectivity index (χ2v) is 16.5. The molecule has 19 heteroatoms. The van der Waals surface area contributed by atoms with E-state index in [4.69, 9.17) is 23.9 Å². The van der Waals surface area contributed by atoms with Crippen LogP contribution in [0.2, 0.25) is 0 Å². The SMILES string of the molecule is CC[C@@H]1C(=O)N(C)c2cnc(Cc3ccc(C(=O)NCCOCCOCCOCC(=O)Nc4cccc5c4CN(C4CCC(=O)NC4=O)C5=O)cc3OC)nc2N1Cc1ccc(Br)cc1. The summed E-state index contributed by atoms with van der Waals surface area (Å²) in [5.41, 5.74) is 4.35. The van der Waals surface area contributed by atoms with Crippen molar-refractivity contribution in [3.8, 4) is 5.75 Å². The number of methoxy groups -OCH3 is 1. The van der Waals surface area contributed by atoms with Crippen LogP contribution in [0.4, 0.5) is 17.2 Å². The van der Waals surface area contributed by atoms with E-state index in [1.807, 2.05) is 42.2 Å². The molecule has 0 saturated carbocycles. The highest BCUT2D eigenvalue weighted by molar-refractivity contribution is 9.10. The Labute approximate surface area is 384 Å². The van der Waals surface area contributed by atoms with Crippen LogP contribution in [-0.2, 0) is 52.9 Å². The summed E-state index contributed by atoms with van der Waals surface area (Å²) < 4.78 is 23.2. The van der Waals surface area contributed by atoms with Crippen LogP contribution in [0.3, 0.4) is 0 Å². The van der Waals surface area contributed by atoms with E-state index in [1.165, 1.54) is 4.90 Å². The third-order valence-electron chi connectivity index (χ3n) is 11.3. The maximum atomic E-state index is 13.3. The van der Waals surface area contributed by atoms with Gasteiger partial charge in [-0.1, -0.05) is 47.1 Å². The number of halogens is 1. The number of ether oxygens (including phenoxy) is 4. The summed E-state index contributed by atoms with van der Waals surface area (Å²) in [6.45, 7) is 3.87. The lowest BCUT2D eigenvalue weighted by molar-refractivity contribution is -0.137. The first-order chi connectivity index (χ1) is 31.4. The summed E-state index contributed by atoms with van der Waals surface area (Å²) in [6, 6.07) is 17.1. The third kappa shape index (κ3) is 11.2. The third-order valence-corrected chi connectivity index (χ3v) is 11.9. The topological polar surface area (TPSA) is 211 Å². The van der Waals surface area contributed by atoms with Crippen molar-refractivity contribution in [1.29, 1.82) is 0 Å². The molecule has 3 N–H and O–H groups in total. The monoisotopic (exact) mass is 954 g/mol. The van der Waals surface area contributed by atoms with Crippen LogP contribution in [0.5, 0.6) is 5.75 Å². The van der Waals surface area contributed by atoms with E-state index in [-0.39, 0.29) is 95.2 Å². The number of piperidine rings is 1. The molecule has 1 saturated heterocycles. The maximum absolute atomic E-state index is 13.3. The van der Waals surface area contributed by atoms with Gasteiger partial charge in [-0.2, -0.15) is 0 Å². The van der Waals surface area contributed by atoms with Crippen LogP contribution in [0.25, 0.3) is 0 Å². The molecule has 0 bridgehead atoms. The average molecular weight is 956 g/mol. The molecule has 18 nitrogen and oxygen atoms in total. The molecule has 7 rings (SSSR count). The molecule has 6 amide bonds. The first-order valence-electron chi connectivity index (χ1n) is 21.3. The Balaban J connectivity index is 0.797. The van der Waals surface area contributed by atoms with Crippen molar-refractivity contribution in [2.24, 2.45) is 0 Å². The van der Waals surface area contributed by atoms with Gasteiger partial charge >= 0.3 is 0 Å². The van der Waals surface area contributed by atoms with Crippen molar-refractivity contribution in [2.75, 3.05) is 75.5 Å². The Hall–Kier alpha value is -6.28. The van der Waals surface area contributed by atoms with Gasteiger partial charge in [0.15, 0.2) is 5.82 Å². The molecule has 0 spiro atoms. The number of likely N-dealkylation sites (N-methyl/N-ethyl adjacent to an activating group) is 1. The summed E-state index contributed by atoms with van der Waals surface area (Å²) in [5, 5.41) is 7.92.